The Balaban J connectivity index is 2.30. The second-order valence-electron chi connectivity index (χ2n) is 3.49. The van der Waals surface area contributed by atoms with Crippen molar-refractivity contribution in [2.45, 2.75) is 19.6 Å². The number of halogens is 2. The van der Waals surface area contributed by atoms with Gasteiger partial charge in [0.2, 0.25) is 6.23 Å². The number of carbonyl (C=O) groups is 2. The van der Waals surface area contributed by atoms with Gasteiger partial charge in [-0.15, -0.1) is 0 Å². The number of nitrogens with zero attached hydrogens (tertiary/aromatic N) is 2. The highest BCUT2D eigenvalue weighted by atomic mass is 35.5. The predicted molar refractivity (Wildman–Crippen MR) is 61.2 cm³/mol. The monoisotopic (exact) mass is 277 g/mol. The van der Waals surface area contributed by atoms with E-state index in [9.17, 15) is 9.59 Å². The molecule has 2 aliphatic rings. The molecule has 0 aliphatic carbocycles. The van der Waals surface area contributed by atoms with Crippen LogP contribution in [0.25, 0.3) is 0 Å². The van der Waals surface area contributed by atoms with Gasteiger partial charge in [-0.05, 0) is 0 Å². The molecule has 0 spiro atoms. The van der Waals surface area contributed by atoms with Crippen molar-refractivity contribution in [3.8, 4) is 0 Å². The van der Waals surface area contributed by atoms with E-state index in [1.807, 2.05) is 0 Å². The molecule has 0 saturated carbocycles. The zero-order valence-corrected chi connectivity index (χ0v) is 10.4. The minimum atomic E-state index is -1.01. The van der Waals surface area contributed by atoms with Gasteiger partial charge in [0.25, 0.3) is 5.91 Å². The molecule has 8 heteroatoms. The second kappa shape index (κ2) is 4.54. The van der Waals surface area contributed by atoms with Crippen molar-refractivity contribution < 1.29 is 14.3 Å². The standard InChI is InChI=1S/C9H9Cl2N3O3/c1-4(15)17-9-7(11)6(10)8(16)14(9)5-2-3-12-13-5/h9,12H,2-3H2,1H3. The first-order valence-corrected chi connectivity index (χ1v) is 5.63. The molecule has 2 heterocycles. The average molecular weight is 278 g/mol. The number of hydrogen-bond donors (Lipinski definition) is 1. The number of nitrogens with one attached hydrogen (secondary N) is 1. The van der Waals surface area contributed by atoms with Gasteiger partial charge in [-0.25, -0.2) is 0 Å². The van der Waals surface area contributed by atoms with Crippen molar-refractivity contribution in [1.29, 1.82) is 0 Å². The van der Waals surface area contributed by atoms with E-state index in [4.69, 9.17) is 27.9 Å². The molecule has 0 fully saturated rings. The van der Waals surface area contributed by atoms with Crippen molar-refractivity contribution in [1.82, 2.24) is 10.3 Å². The van der Waals surface area contributed by atoms with Gasteiger partial charge in [-0.3, -0.25) is 14.5 Å². The Morgan fingerprint density at radius 2 is 2.29 bits per heavy atom. The first-order valence-electron chi connectivity index (χ1n) is 4.87. The highest BCUT2D eigenvalue weighted by molar-refractivity contribution is 6.50. The molecular formula is C9H9Cl2N3O3. The van der Waals surface area contributed by atoms with Crippen LogP contribution in [0, 0.1) is 0 Å². The smallest absolute Gasteiger partial charge is 0.304 e. The maximum absolute atomic E-state index is 11.8. The summed E-state index contributed by atoms with van der Waals surface area (Å²) in [7, 11) is 0. The van der Waals surface area contributed by atoms with E-state index in [-0.39, 0.29) is 10.1 Å². The number of rotatable bonds is 1. The Morgan fingerprint density at radius 1 is 1.59 bits per heavy atom. The third kappa shape index (κ3) is 2.10. The summed E-state index contributed by atoms with van der Waals surface area (Å²) >= 11 is 11.6. The number of esters is 1. The number of hydrogen-bond acceptors (Lipinski definition) is 5. The van der Waals surface area contributed by atoms with Crippen LogP contribution in [-0.4, -0.2) is 35.4 Å². The van der Waals surface area contributed by atoms with Gasteiger partial charge in [0.1, 0.15) is 15.9 Å². The van der Waals surface area contributed by atoms with Crippen LogP contribution < -0.4 is 5.43 Å². The highest BCUT2D eigenvalue weighted by Gasteiger charge is 2.43. The zero-order chi connectivity index (χ0) is 12.6. The molecule has 1 unspecified atom stereocenters. The SMILES string of the molecule is CC(=O)OC1C(Cl)=C(Cl)C(=O)N1C1=NNCC1. The summed E-state index contributed by atoms with van der Waals surface area (Å²) in [6.45, 7) is 1.84. The average Bonchev–Trinajstić information content (AvgIpc) is 2.84. The Morgan fingerprint density at radius 3 is 2.82 bits per heavy atom. The van der Waals surface area contributed by atoms with E-state index in [0.717, 1.165) is 0 Å². The van der Waals surface area contributed by atoms with Gasteiger partial charge >= 0.3 is 5.97 Å². The van der Waals surface area contributed by atoms with E-state index in [0.29, 0.717) is 18.8 Å². The normalized spacial score (nSPS) is 23.9. The summed E-state index contributed by atoms with van der Waals surface area (Å²) in [5.41, 5.74) is 2.72. The molecule has 2 aliphatic heterocycles. The third-order valence-electron chi connectivity index (χ3n) is 2.29. The molecule has 6 nitrogen and oxygen atoms in total. The number of amides is 1. The predicted octanol–water partition coefficient (Wildman–Crippen LogP) is 0.714. The number of hydrazone groups is 1. The molecule has 17 heavy (non-hydrogen) atoms. The van der Waals surface area contributed by atoms with Gasteiger partial charge < -0.3 is 10.2 Å². The topological polar surface area (TPSA) is 71.0 Å². The molecule has 0 radical (unpaired) electrons. The van der Waals surface area contributed by atoms with Crippen LogP contribution in [0.2, 0.25) is 0 Å². The third-order valence-corrected chi connectivity index (χ3v) is 3.13. The molecule has 0 bridgehead atoms. The van der Waals surface area contributed by atoms with Crippen LogP contribution in [0.4, 0.5) is 0 Å². The van der Waals surface area contributed by atoms with Gasteiger partial charge in [-0.1, -0.05) is 23.2 Å². The van der Waals surface area contributed by atoms with Crippen LogP contribution >= 0.6 is 23.2 Å². The minimum Gasteiger partial charge on any atom is -0.436 e. The second-order valence-corrected chi connectivity index (χ2v) is 4.27. The Hall–Kier alpha value is -1.27. The molecule has 0 aromatic carbocycles. The molecule has 1 amide bonds. The lowest BCUT2D eigenvalue weighted by Crippen LogP contribution is -2.42. The Labute approximate surface area is 107 Å². The van der Waals surface area contributed by atoms with Crippen molar-refractivity contribution in [3.63, 3.8) is 0 Å². The van der Waals surface area contributed by atoms with Crippen molar-refractivity contribution in [3.05, 3.63) is 10.1 Å². The van der Waals surface area contributed by atoms with Gasteiger partial charge in [0.05, 0.1) is 0 Å². The fourth-order valence-electron chi connectivity index (χ4n) is 1.60. The minimum absolute atomic E-state index is 0.00136. The Bertz CT molecular complexity index is 447. The highest BCUT2D eigenvalue weighted by Crippen LogP contribution is 2.33. The van der Waals surface area contributed by atoms with Crippen molar-refractivity contribution in [2.75, 3.05) is 6.54 Å². The molecule has 92 valence electrons. The number of amidine groups is 1. The van der Waals surface area contributed by atoms with E-state index in [1.165, 1.54) is 11.8 Å². The van der Waals surface area contributed by atoms with Crippen LogP contribution in [-0.2, 0) is 14.3 Å². The van der Waals surface area contributed by atoms with Crippen LogP contribution in [0.1, 0.15) is 13.3 Å². The molecular weight excluding hydrogens is 269 g/mol. The largest absolute Gasteiger partial charge is 0.436 e. The summed E-state index contributed by atoms with van der Waals surface area (Å²) in [6, 6.07) is 0. The van der Waals surface area contributed by atoms with E-state index >= 15 is 0 Å². The number of ether oxygens (including phenoxy) is 1. The number of carbonyl (C=O) groups excluding carboxylic acids is 2. The summed E-state index contributed by atoms with van der Waals surface area (Å²) in [6.07, 6.45) is -0.467. The summed E-state index contributed by atoms with van der Waals surface area (Å²) in [5.74, 6) is -0.607. The molecule has 1 atom stereocenters. The van der Waals surface area contributed by atoms with Gasteiger partial charge in [-0.2, -0.15) is 5.10 Å². The fraction of sp³-hybridized carbons (Fsp3) is 0.444. The summed E-state index contributed by atoms with van der Waals surface area (Å²) < 4.78 is 4.97. The van der Waals surface area contributed by atoms with E-state index in [2.05, 4.69) is 10.5 Å². The quantitative estimate of drug-likeness (QED) is 0.717. The molecule has 0 saturated heterocycles. The van der Waals surface area contributed by atoms with Crippen LogP contribution in [0.5, 0.6) is 0 Å². The lowest BCUT2D eigenvalue weighted by Gasteiger charge is -2.23. The molecule has 1 N–H and O–H groups in total. The lowest BCUT2D eigenvalue weighted by atomic mass is 10.3. The van der Waals surface area contributed by atoms with Crippen molar-refractivity contribution in [2.24, 2.45) is 5.10 Å². The van der Waals surface area contributed by atoms with Gasteiger partial charge in [0, 0.05) is 19.9 Å². The maximum atomic E-state index is 11.8. The van der Waals surface area contributed by atoms with E-state index < -0.39 is 18.1 Å². The molecule has 0 aromatic rings. The maximum Gasteiger partial charge on any atom is 0.304 e. The Kier molecular flexibility index (Phi) is 3.26. The summed E-state index contributed by atoms with van der Waals surface area (Å²) in [4.78, 5) is 24.0. The summed E-state index contributed by atoms with van der Waals surface area (Å²) in [5, 5.41) is 3.79. The van der Waals surface area contributed by atoms with Crippen LogP contribution in [0.15, 0.2) is 15.2 Å². The van der Waals surface area contributed by atoms with Crippen molar-refractivity contribution >= 4 is 40.9 Å². The molecule has 0 aromatic heterocycles. The first kappa shape index (κ1) is 12.2. The molecule has 2 rings (SSSR count). The van der Waals surface area contributed by atoms with Crippen LogP contribution in [0.3, 0.4) is 0 Å². The van der Waals surface area contributed by atoms with E-state index in [1.54, 1.807) is 0 Å². The first-order chi connectivity index (χ1) is 8.02. The lowest BCUT2D eigenvalue weighted by molar-refractivity contribution is -0.151. The van der Waals surface area contributed by atoms with Gasteiger partial charge in [0.15, 0.2) is 0 Å². The fourth-order valence-corrected chi connectivity index (χ4v) is 2.00. The zero-order valence-electron chi connectivity index (χ0n) is 8.87.